The summed E-state index contributed by atoms with van der Waals surface area (Å²) >= 11 is 0. The lowest BCUT2D eigenvalue weighted by atomic mass is 10.1. The average Bonchev–Trinajstić information content (AvgIpc) is 2.73. The molecule has 1 saturated heterocycles. The topological polar surface area (TPSA) is 89.2 Å². The van der Waals surface area contributed by atoms with Crippen molar-refractivity contribution >= 4 is 22.8 Å². The minimum atomic E-state index is -0.466. The van der Waals surface area contributed by atoms with E-state index in [1.165, 1.54) is 6.42 Å². The van der Waals surface area contributed by atoms with Gasteiger partial charge >= 0.3 is 0 Å². The fourth-order valence-electron chi connectivity index (χ4n) is 3.37. The van der Waals surface area contributed by atoms with E-state index >= 15 is 0 Å². The third-order valence-electron chi connectivity index (χ3n) is 4.90. The van der Waals surface area contributed by atoms with E-state index in [4.69, 9.17) is 5.73 Å². The lowest BCUT2D eigenvalue weighted by molar-refractivity contribution is 0.0724. The summed E-state index contributed by atoms with van der Waals surface area (Å²) in [6, 6.07) is 12.4. The molecule has 4 rings (SSSR count). The molecule has 0 saturated carbocycles. The highest BCUT2D eigenvalue weighted by molar-refractivity contribution is 5.97. The van der Waals surface area contributed by atoms with Crippen LogP contribution in [0, 0.1) is 0 Å². The number of aromatic nitrogens is 2. The maximum absolute atomic E-state index is 12.7. The second kappa shape index (κ2) is 7.15. The zero-order valence-corrected chi connectivity index (χ0v) is 14.9. The minimum Gasteiger partial charge on any atom is -0.366 e. The average molecular weight is 360 g/mol. The molecule has 3 aromatic rings. The largest absolute Gasteiger partial charge is 0.366 e. The van der Waals surface area contributed by atoms with Gasteiger partial charge in [0, 0.05) is 29.8 Å². The van der Waals surface area contributed by atoms with E-state index in [9.17, 15) is 9.59 Å². The second-order valence-corrected chi connectivity index (χ2v) is 6.75. The number of primary amides is 1. The molecule has 0 spiro atoms. The maximum atomic E-state index is 12.7. The molecule has 0 aliphatic carbocycles. The van der Waals surface area contributed by atoms with E-state index in [0.29, 0.717) is 22.3 Å². The standard InChI is InChI=1S/C21H20N4O2/c22-20(26)15-6-4-14(5-7-15)19-13-23-17-9-8-16(12-18(17)24-19)21(27)25-10-2-1-3-11-25/h4-9,12-13H,1-3,10-11H2,(H2,22,26). The zero-order valence-electron chi connectivity index (χ0n) is 14.9. The van der Waals surface area contributed by atoms with E-state index < -0.39 is 5.91 Å². The quantitative estimate of drug-likeness (QED) is 0.777. The summed E-state index contributed by atoms with van der Waals surface area (Å²) in [7, 11) is 0. The first kappa shape index (κ1) is 17.1. The maximum Gasteiger partial charge on any atom is 0.253 e. The Hall–Kier alpha value is -3.28. The summed E-state index contributed by atoms with van der Waals surface area (Å²) in [5.74, 6) is -0.415. The normalized spacial score (nSPS) is 14.3. The molecule has 0 unspecified atom stereocenters. The van der Waals surface area contributed by atoms with E-state index in [1.54, 1.807) is 36.5 Å². The van der Waals surface area contributed by atoms with Crippen LogP contribution in [0.3, 0.4) is 0 Å². The Kier molecular flexibility index (Phi) is 4.54. The number of likely N-dealkylation sites (tertiary alicyclic amines) is 1. The Morgan fingerprint density at radius 3 is 2.30 bits per heavy atom. The van der Waals surface area contributed by atoms with Crippen molar-refractivity contribution in [2.45, 2.75) is 19.3 Å². The summed E-state index contributed by atoms with van der Waals surface area (Å²) in [6.07, 6.45) is 4.99. The van der Waals surface area contributed by atoms with Crippen LogP contribution in [0.15, 0.2) is 48.7 Å². The van der Waals surface area contributed by atoms with E-state index in [0.717, 1.165) is 37.0 Å². The Morgan fingerprint density at radius 1 is 0.889 bits per heavy atom. The van der Waals surface area contributed by atoms with Crippen LogP contribution in [0.2, 0.25) is 0 Å². The molecule has 1 fully saturated rings. The van der Waals surface area contributed by atoms with Gasteiger partial charge in [-0.25, -0.2) is 4.98 Å². The molecule has 2 heterocycles. The second-order valence-electron chi connectivity index (χ2n) is 6.75. The zero-order chi connectivity index (χ0) is 18.8. The van der Waals surface area contributed by atoms with Crippen molar-refractivity contribution in [1.82, 2.24) is 14.9 Å². The van der Waals surface area contributed by atoms with Gasteiger partial charge < -0.3 is 10.6 Å². The molecule has 6 nitrogen and oxygen atoms in total. The van der Waals surface area contributed by atoms with Crippen LogP contribution in [0.1, 0.15) is 40.0 Å². The van der Waals surface area contributed by atoms with E-state index in [2.05, 4.69) is 9.97 Å². The SMILES string of the molecule is NC(=O)c1ccc(-c2cnc3ccc(C(=O)N4CCCCC4)cc3n2)cc1. The number of hydrogen-bond donors (Lipinski definition) is 1. The van der Waals surface area contributed by atoms with Gasteiger partial charge in [0.15, 0.2) is 0 Å². The van der Waals surface area contributed by atoms with Crippen molar-refractivity contribution in [3.8, 4) is 11.3 Å². The molecule has 0 radical (unpaired) electrons. The molecule has 1 aliphatic rings. The first-order valence-corrected chi connectivity index (χ1v) is 9.08. The van der Waals surface area contributed by atoms with Gasteiger partial charge in [-0.15, -0.1) is 0 Å². The van der Waals surface area contributed by atoms with Gasteiger partial charge in [-0.3, -0.25) is 14.6 Å². The van der Waals surface area contributed by atoms with Gasteiger partial charge in [-0.2, -0.15) is 0 Å². The molecule has 1 aromatic heterocycles. The Labute approximate surface area is 157 Å². The Morgan fingerprint density at radius 2 is 1.59 bits per heavy atom. The van der Waals surface area contributed by atoms with Crippen LogP contribution in [-0.2, 0) is 0 Å². The van der Waals surface area contributed by atoms with Crippen LogP contribution in [0.25, 0.3) is 22.3 Å². The summed E-state index contributed by atoms with van der Waals surface area (Å²) in [6.45, 7) is 1.63. The first-order chi connectivity index (χ1) is 13.1. The van der Waals surface area contributed by atoms with Crippen LogP contribution in [0.4, 0.5) is 0 Å². The lowest BCUT2D eigenvalue weighted by Gasteiger charge is -2.26. The fourth-order valence-corrected chi connectivity index (χ4v) is 3.37. The van der Waals surface area contributed by atoms with Gasteiger partial charge in [-0.1, -0.05) is 12.1 Å². The number of carbonyl (C=O) groups is 2. The fraction of sp³-hybridized carbons (Fsp3) is 0.238. The third-order valence-corrected chi connectivity index (χ3v) is 4.90. The van der Waals surface area contributed by atoms with Crippen molar-refractivity contribution in [2.75, 3.05) is 13.1 Å². The van der Waals surface area contributed by atoms with Crippen LogP contribution >= 0.6 is 0 Å². The summed E-state index contributed by atoms with van der Waals surface area (Å²) in [5.41, 5.74) is 9.30. The van der Waals surface area contributed by atoms with Crippen molar-refractivity contribution in [3.63, 3.8) is 0 Å². The van der Waals surface area contributed by atoms with Crippen LogP contribution in [-0.4, -0.2) is 39.8 Å². The van der Waals surface area contributed by atoms with Crippen molar-refractivity contribution in [1.29, 1.82) is 0 Å². The number of benzene rings is 2. The van der Waals surface area contributed by atoms with E-state index in [1.807, 2.05) is 17.0 Å². The van der Waals surface area contributed by atoms with Gasteiger partial charge in [0.2, 0.25) is 5.91 Å². The number of rotatable bonds is 3. The molecule has 2 aromatic carbocycles. The predicted molar refractivity (Wildman–Crippen MR) is 103 cm³/mol. The molecule has 27 heavy (non-hydrogen) atoms. The Balaban J connectivity index is 1.66. The monoisotopic (exact) mass is 360 g/mol. The van der Waals surface area contributed by atoms with Gasteiger partial charge in [0.05, 0.1) is 22.9 Å². The molecule has 0 bridgehead atoms. The number of carbonyl (C=O) groups excluding carboxylic acids is 2. The minimum absolute atomic E-state index is 0.0506. The number of amides is 2. The molecule has 2 N–H and O–H groups in total. The Bertz CT molecular complexity index is 1010. The molecule has 2 amide bonds. The van der Waals surface area contributed by atoms with Crippen LogP contribution in [0.5, 0.6) is 0 Å². The molecule has 0 atom stereocenters. The van der Waals surface area contributed by atoms with Crippen molar-refractivity contribution in [2.24, 2.45) is 5.73 Å². The summed E-state index contributed by atoms with van der Waals surface area (Å²) in [4.78, 5) is 35.0. The van der Waals surface area contributed by atoms with Gasteiger partial charge in [0.1, 0.15) is 0 Å². The predicted octanol–water partition coefficient (Wildman–Crippen LogP) is 3.02. The van der Waals surface area contributed by atoms with Crippen molar-refractivity contribution < 1.29 is 9.59 Å². The lowest BCUT2D eigenvalue weighted by Crippen LogP contribution is -2.35. The van der Waals surface area contributed by atoms with Crippen LogP contribution < -0.4 is 5.73 Å². The number of hydrogen-bond acceptors (Lipinski definition) is 4. The number of fused-ring (bicyclic) bond motifs is 1. The molecule has 136 valence electrons. The van der Waals surface area contributed by atoms with E-state index in [-0.39, 0.29) is 5.91 Å². The molecule has 6 heteroatoms. The summed E-state index contributed by atoms with van der Waals surface area (Å²) < 4.78 is 0. The highest BCUT2D eigenvalue weighted by Crippen LogP contribution is 2.21. The third kappa shape index (κ3) is 3.51. The number of nitrogens with two attached hydrogens (primary N) is 1. The first-order valence-electron chi connectivity index (χ1n) is 9.08. The highest BCUT2D eigenvalue weighted by atomic mass is 16.2. The van der Waals surface area contributed by atoms with Gasteiger partial charge in [-0.05, 0) is 49.6 Å². The van der Waals surface area contributed by atoms with Crippen molar-refractivity contribution in [3.05, 3.63) is 59.8 Å². The number of piperidine rings is 1. The molecular weight excluding hydrogens is 340 g/mol. The van der Waals surface area contributed by atoms with Gasteiger partial charge in [0.25, 0.3) is 5.91 Å². The molecular formula is C21H20N4O2. The summed E-state index contributed by atoms with van der Waals surface area (Å²) in [5, 5.41) is 0. The highest BCUT2D eigenvalue weighted by Gasteiger charge is 2.18. The number of nitrogens with zero attached hydrogens (tertiary/aromatic N) is 3. The smallest absolute Gasteiger partial charge is 0.253 e. The molecule has 1 aliphatic heterocycles.